The van der Waals surface area contributed by atoms with E-state index in [4.69, 9.17) is 10.8 Å². The second-order valence-corrected chi connectivity index (χ2v) is 2.59. The van der Waals surface area contributed by atoms with Crippen molar-refractivity contribution >= 4 is 16.9 Å². The van der Waals surface area contributed by atoms with E-state index in [2.05, 4.69) is 15.1 Å². The van der Waals surface area contributed by atoms with Crippen molar-refractivity contribution in [1.82, 2.24) is 19.7 Å². The van der Waals surface area contributed by atoms with Crippen molar-refractivity contribution in [3.05, 3.63) is 12.5 Å². The highest BCUT2D eigenvalue weighted by atomic mass is 16.3. The highest BCUT2D eigenvalue weighted by Crippen LogP contribution is 2.14. The van der Waals surface area contributed by atoms with Gasteiger partial charge in [-0.3, -0.25) is 0 Å². The highest BCUT2D eigenvalue weighted by molar-refractivity contribution is 5.84. The van der Waals surface area contributed by atoms with E-state index >= 15 is 0 Å². The zero-order valence-electron chi connectivity index (χ0n) is 6.88. The SMILES string of the molecule is Nc1ncnc2c1cnn2CCO. The van der Waals surface area contributed by atoms with Crippen LogP contribution in [0.1, 0.15) is 0 Å². The summed E-state index contributed by atoms with van der Waals surface area (Å²) in [5.74, 6) is 0.411. The van der Waals surface area contributed by atoms with Crippen LogP contribution < -0.4 is 5.73 Å². The third-order valence-electron chi connectivity index (χ3n) is 1.78. The van der Waals surface area contributed by atoms with Gasteiger partial charge in [0.1, 0.15) is 12.1 Å². The van der Waals surface area contributed by atoms with Crippen LogP contribution in [0.3, 0.4) is 0 Å². The van der Waals surface area contributed by atoms with E-state index in [9.17, 15) is 0 Å². The highest BCUT2D eigenvalue weighted by Gasteiger charge is 2.05. The van der Waals surface area contributed by atoms with Gasteiger partial charge in [-0.05, 0) is 0 Å². The molecule has 68 valence electrons. The Hall–Kier alpha value is -1.69. The van der Waals surface area contributed by atoms with Crippen LogP contribution in [0.4, 0.5) is 5.82 Å². The van der Waals surface area contributed by atoms with Crippen molar-refractivity contribution in [2.24, 2.45) is 0 Å². The number of aliphatic hydroxyl groups excluding tert-OH is 1. The quantitative estimate of drug-likeness (QED) is 0.642. The van der Waals surface area contributed by atoms with Crippen LogP contribution in [0.5, 0.6) is 0 Å². The first-order valence-electron chi connectivity index (χ1n) is 3.86. The largest absolute Gasteiger partial charge is 0.394 e. The third kappa shape index (κ3) is 1.20. The number of hydrogen-bond acceptors (Lipinski definition) is 5. The molecule has 2 aromatic heterocycles. The molecule has 0 amide bonds. The first-order valence-corrected chi connectivity index (χ1v) is 3.86. The molecule has 2 heterocycles. The monoisotopic (exact) mass is 179 g/mol. The van der Waals surface area contributed by atoms with Crippen molar-refractivity contribution < 1.29 is 5.11 Å². The zero-order valence-corrected chi connectivity index (χ0v) is 6.88. The molecule has 2 aromatic rings. The van der Waals surface area contributed by atoms with Crippen LogP contribution >= 0.6 is 0 Å². The van der Waals surface area contributed by atoms with Gasteiger partial charge in [-0.25, -0.2) is 14.6 Å². The van der Waals surface area contributed by atoms with E-state index in [1.807, 2.05) is 0 Å². The number of aromatic nitrogens is 4. The molecule has 0 aliphatic carbocycles. The maximum atomic E-state index is 8.73. The Morgan fingerprint density at radius 3 is 3.08 bits per heavy atom. The van der Waals surface area contributed by atoms with E-state index in [0.29, 0.717) is 18.0 Å². The topological polar surface area (TPSA) is 89.9 Å². The van der Waals surface area contributed by atoms with E-state index < -0.39 is 0 Å². The average Bonchev–Trinajstić information content (AvgIpc) is 2.51. The first kappa shape index (κ1) is 7.93. The lowest BCUT2D eigenvalue weighted by molar-refractivity contribution is 0.271. The number of nitrogen functional groups attached to an aromatic ring is 1. The Morgan fingerprint density at radius 1 is 1.46 bits per heavy atom. The molecule has 2 rings (SSSR count). The fourth-order valence-electron chi connectivity index (χ4n) is 1.17. The van der Waals surface area contributed by atoms with Crippen LogP contribution in [-0.2, 0) is 6.54 Å². The van der Waals surface area contributed by atoms with Gasteiger partial charge in [0.05, 0.1) is 24.7 Å². The predicted octanol–water partition coefficient (Wildman–Crippen LogP) is -0.599. The van der Waals surface area contributed by atoms with Gasteiger partial charge in [0, 0.05) is 0 Å². The first-order chi connectivity index (χ1) is 6.33. The van der Waals surface area contributed by atoms with Crippen LogP contribution in [0.25, 0.3) is 11.0 Å². The van der Waals surface area contributed by atoms with Crippen molar-refractivity contribution in [3.63, 3.8) is 0 Å². The number of nitrogens with zero attached hydrogens (tertiary/aromatic N) is 4. The fourth-order valence-corrected chi connectivity index (χ4v) is 1.17. The molecule has 0 atom stereocenters. The normalized spacial score (nSPS) is 10.8. The number of fused-ring (bicyclic) bond motifs is 1. The molecule has 0 aliphatic rings. The van der Waals surface area contributed by atoms with Gasteiger partial charge in [0.25, 0.3) is 0 Å². The summed E-state index contributed by atoms with van der Waals surface area (Å²) in [5, 5.41) is 13.5. The maximum absolute atomic E-state index is 8.73. The van der Waals surface area contributed by atoms with Gasteiger partial charge in [-0.15, -0.1) is 0 Å². The summed E-state index contributed by atoms with van der Waals surface area (Å²) in [6, 6.07) is 0. The number of hydrogen-bond donors (Lipinski definition) is 2. The molecule has 0 radical (unpaired) electrons. The lowest BCUT2D eigenvalue weighted by Gasteiger charge is -1.98. The number of rotatable bonds is 2. The molecule has 6 heteroatoms. The van der Waals surface area contributed by atoms with E-state index in [0.717, 1.165) is 5.39 Å². The zero-order chi connectivity index (χ0) is 9.26. The van der Waals surface area contributed by atoms with Gasteiger partial charge >= 0.3 is 0 Å². The second-order valence-electron chi connectivity index (χ2n) is 2.59. The van der Waals surface area contributed by atoms with Crippen LogP contribution in [0.2, 0.25) is 0 Å². The van der Waals surface area contributed by atoms with E-state index in [1.54, 1.807) is 10.9 Å². The number of anilines is 1. The van der Waals surface area contributed by atoms with Crippen molar-refractivity contribution in [3.8, 4) is 0 Å². The van der Waals surface area contributed by atoms with Gasteiger partial charge in [-0.1, -0.05) is 0 Å². The Bertz CT molecular complexity index is 424. The van der Waals surface area contributed by atoms with Gasteiger partial charge in [-0.2, -0.15) is 5.10 Å². The molecule has 0 unspecified atom stereocenters. The summed E-state index contributed by atoms with van der Waals surface area (Å²) >= 11 is 0. The van der Waals surface area contributed by atoms with Crippen molar-refractivity contribution in [2.75, 3.05) is 12.3 Å². The van der Waals surface area contributed by atoms with Crippen LogP contribution in [0, 0.1) is 0 Å². The Kier molecular flexibility index (Phi) is 1.82. The minimum Gasteiger partial charge on any atom is -0.394 e. The Labute approximate surface area is 74.0 Å². The van der Waals surface area contributed by atoms with Crippen molar-refractivity contribution in [2.45, 2.75) is 6.54 Å². The Balaban J connectivity index is 2.61. The molecule has 0 aromatic carbocycles. The summed E-state index contributed by atoms with van der Waals surface area (Å²) in [6.45, 7) is 0.445. The molecule has 0 spiro atoms. The smallest absolute Gasteiger partial charge is 0.163 e. The van der Waals surface area contributed by atoms with Crippen LogP contribution in [-0.4, -0.2) is 31.5 Å². The lowest BCUT2D eigenvalue weighted by atomic mass is 10.4. The third-order valence-corrected chi connectivity index (χ3v) is 1.78. The molecule has 0 bridgehead atoms. The van der Waals surface area contributed by atoms with E-state index in [1.165, 1.54) is 6.33 Å². The van der Waals surface area contributed by atoms with Crippen LogP contribution in [0.15, 0.2) is 12.5 Å². The number of nitrogens with two attached hydrogens (primary N) is 1. The molecule has 6 nitrogen and oxygen atoms in total. The fraction of sp³-hybridized carbons (Fsp3) is 0.286. The second kappa shape index (κ2) is 2.98. The molecule has 0 fully saturated rings. The summed E-state index contributed by atoms with van der Waals surface area (Å²) < 4.78 is 1.59. The van der Waals surface area contributed by atoms with Crippen molar-refractivity contribution in [1.29, 1.82) is 0 Å². The average molecular weight is 179 g/mol. The molecule has 0 saturated carbocycles. The van der Waals surface area contributed by atoms with E-state index in [-0.39, 0.29) is 6.61 Å². The molecular formula is C7H9N5O. The summed E-state index contributed by atoms with van der Waals surface area (Å²) in [4.78, 5) is 7.85. The summed E-state index contributed by atoms with van der Waals surface area (Å²) in [6.07, 6.45) is 2.98. The Morgan fingerprint density at radius 2 is 2.31 bits per heavy atom. The molecule has 0 saturated heterocycles. The standard InChI is InChI=1S/C7H9N5O/c8-6-5-3-11-12(1-2-13)7(5)10-4-9-6/h3-4,13H,1-2H2,(H2,8,9,10). The predicted molar refractivity (Wildman–Crippen MR) is 46.8 cm³/mol. The maximum Gasteiger partial charge on any atom is 0.163 e. The minimum atomic E-state index is 0.0285. The lowest BCUT2D eigenvalue weighted by Crippen LogP contribution is -2.04. The summed E-state index contributed by atoms with van der Waals surface area (Å²) in [7, 11) is 0. The molecule has 0 aliphatic heterocycles. The molecule has 3 N–H and O–H groups in total. The number of aliphatic hydroxyl groups is 1. The van der Waals surface area contributed by atoms with Gasteiger partial charge in [0.2, 0.25) is 0 Å². The molecular weight excluding hydrogens is 170 g/mol. The minimum absolute atomic E-state index is 0.0285. The van der Waals surface area contributed by atoms with Gasteiger partial charge in [0.15, 0.2) is 5.65 Å². The molecule has 13 heavy (non-hydrogen) atoms. The van der Waals surface area contributed by atoms with Gasteiger partial charge < -0.3 is 10.8 Å². The summed E-state index contributed by atoms with van der Waals surface area (Å²) in [5.41, 5.74) is 6.25.